The van der Waals surface area contributed by atoms with Crippen LogP contribution in [0, 0.1) is 16.0 Å². The van der Waals surface area contributed by atoms with Crippen molar-refractivity contribution < 1.29 is 77.9 Å². The van der Waals surface area contributed by atoms with Crippen LogP contribution in [0.15, 0.2) is 91.0 Å². The van der Waals surface area contributed by atoms with Gasteiger partial charge in [-0.3, -0.25) is 43.7 Å². The lowest BCUT2D eigenvalue weighted by Gasteiger charge is -2.42. The van der Waals surface area contributed by atoms with E-state index in [0.717, 1.165) is 57.6 Å². The minimum atomic E-state index is -2.29. The van der Waals surface area contributed by atoms with Crippen LogP contribution in [-0.4, -0.2) is 174 Å². The first-order valence-electron chi connectivity index (χ1n) is 33.2. The van der Waals surface area contributed by atoms with E-state index in [4.69, 9.17) is 24.7 Å². The largest absolute Gasteiger partial charge is 0.490 e. The Morgan fingerprint density at radius 2 is 1.42 bits per heavy atom. The number of hydrogen-bond donors (Lipinski definition) is 12. The maximum atomic E-state index is 15.3. The molecule has 4 bridgehead atoms. The highest BCUT2D eigenvalue weighted by atomic mass is 16.7. The number of benzene rings is 4. The van der Waals surface area contributed by atoms with E-state index in [1.165, 1.54) is 37.8 Å². The molecule has 0 unspecified atom stereocenters. The molecule has 4 aromatic rings. The van der Waals surface area contributed by atoms with E-state index in [9.17, 15) is 59.3 Å². The molecule has 526 valence electrons. The van der Waals surface area contributed by atoms with Gasteiger partial charge in [0.2, 0.25) is 53.2 Å². The highest BCUT2D eigenvalue weighted by Crippen LogP contribution is 2.46. The summed E-state index contributed by atoms with van der Waals surface area (Å²) in [5, 5.41) is 77.9. The molecule has 11 atom stereocenters. The van der Waals surface area contributed by atoms with Gasteiger partial charge in [0.15, 0.2) is 17.6 Å². The number of amides is 7. The van der Waals surface area contributed by atoms with Crippen molar-refractivity contribution in [2.45, 2.75) is 190 Å². The predicted octanol–water partition coefficient (Wildman–Crippen LogP) is 4.10. The fraction of sp³-hybridized carbons (Fsp3) is 0.551. The first-order chi connectivity index (χ1) is 46.0. The fourth-order valence-electron chi connectivity index (χ4n) is 11.4. The Balaban J connectivity index is 1.41. The molecular formula is C69H98N10O17. The SMILES string of the molecule is CCCCCCCCCCCC(=O)N[C@H]1[C@H](Oc2cc3cc(c2OC)Oc2ccc(cc2[N+](=O)[O-])C[C@@H](NC(=O)[C@H](N)CC(C)C)C(=O)N[C@@H](Cc2ccccc2)C(=O)N[C@H]3[C@@H](O)C(=O)NCCCC(=O)N[C@@H](C(=O)NCCCN(C)C)c2ccccc2)O[C@H](CO)[C@@H](O)[C@@H]1O. The van der Waals surface area contributed by atoms with Crippen LogP contribution < -0.4 is 57.2 Å². The average molecular weight is 1340 g/mol. The lowest BCUT2D eigenvalue weighted by molar-refractivity contribution is -0.385. The molecule has 1 saturated heterocycles. The molecule has 3 aliphatic rings. The summed E-state index contributed by atoms with van der Waals surface area (Å²) in [6.07, 6.45) is -0.264. The quantitative estimate of drug-likeness (QED) is 0.0175. The molecular weight excluding hydrogens is 1240 g/mol. The Hall–Kier alpha value is -8.31. The van der Waals surface area contributed by atoms with Gasteiger partial charge in [0.25, 0.3) is 5.91 Å². The normalized spacial score (nSPS) is 20.6. The number of fused-ring (bicyclic) bond motifs is 9. The number of unbranched alkanes of at least 4 members (excludes halogenated alkanes) is 8. The second kappa shape index (κ2) is 39.0. The summed E-state index contributed by atoms with van der Waals surface area (Å²) in [6.45, 7) is 5.84. The average Bonchev–Trinajstić information content (AvgIpc) is 0.786. The summed E-state index contributed by atoms with van der Waals surface area (Å²) in [5.74, 6) is -6.86. The standard InChI is InChI=1S/C69H98N10O17/c1-7-8-9-10-11-12-13-14-21-28-55(81)76-59-61(84)60(83)54(41-80)96-69(59)95-53-40-46-39-52(63(53)93-6)94-51-31-30-44(38-50(51)79(91)92)37-49(73-64(86)47(70)35-42(2)3)65(87)74-48(36-43-24-17-15-18-25-43)66(88)77-57(46)62(85)68(90)72-32-22-29-56(82)75-58(45-26-19-16-20-27-45)67(89)71-33-23-34-78(4)5/h15-20,24-27,30-31,38-40,42,47-49,54,57-62,69,80,83-85H,7-14,21-23,28-29,32-37,41,70H2,1-6H3,(H,71,89)(H,72,90)(H,73,86)(H,74,87)(H,75,82)(H,76,81)(H,77,88)/t47-,48+,49-,54-,57-,58-,59-,60-,61-,62-,69-/m1/s1. The zero-order valence-corrected chi connectivity index (χ0v) is 55.8. The molecule has 13 N–H and O–H groups in total. The minimum absolute atomic E-state index is 0.0207. The van der Waals surface area contributed by atoms with Crippen LogP contribution in [0.4, 0.5) is 5.69 Å². The van der Waals surface area contributed by atoms with Gasteiger partial charge in [-0.15, -0.1) is 0 Å². The molecule has 96 heavy (non-hydrogen) atoms. The number of aliphatic hydroxyl groups excluding tert-OH is 4. The summed E-state index contributed by atoms with van der Waals surface area (Å²) in [7, 11) is 5.01. The highest BCUT2D eigenvalue weighted by molar-refractivity contribution is 5.94. The molecule has 7 rings (SSSR count). The molecule has 0 aromatic heterocycles. The van der Waals surface area contributed by atoms with Crippen LogP contribution in [0.25, 0.3) is 0 Å². The molecule has 0 aliphatic carbocycles. The summed E-state index contributed by atoms with van der Waals surface area (Å²) in [6, 6.07) is 14.6. The summed E-state index contributed by atoms with van der Waals surface area (Å²) in [4.78, 5) is 113. The summed E-state index contributed by atoms with van der Waals surface area (Å²) in [5.41, 5.74) is 6.63. The second-order valence-electron chi connectivity index (χ2n) is 25.1. The van der Waals surface area contributed by atoms with Crippen molar-refractivity contribution in [2.24, 2.45) is 11.7 Å². The third kappa shape index (κ3) is 23.5. The van der Waals surface area contributed by atoms with Crippen LogP contribution in [0.1, 0.15) is 145 Å². The van der Waals surface area contributed by atoms with Crippen LogP contribution in [0.2, 0.25) is 0 Å². The number of nitro benzene ring substituents is 1. The maximum absolute atomic E-state index is 15.3. The zero-order valence-electron chi connectivity index (χ0n) is 55.8. The number of nitrogens with two attached hydrogens (primary N) is 1. The molecule has 0 radical (unpaired) electrons. The summed E-state index contributed by atoms with van der Waals surface area (Å²) < 4.78 is 24.8. The third-order valence-electron chi connectivity index (χ3n) is 16.6. The van der Waals surface area contributed by atoms with Crippen LogP contribution in [0.3, 0.4) is 0 Å². The van der Waals surface area contributed by atoms with E-state index in [0.29, 0.717) is 30.5 Å². The van der Waals surface area contributed by atoms with Gasteiger partial charge in [-0.05, 0) is 92.7 Å². The second-order valence-corrected chi connectivity index (χ2v) is 25.1. The van der Waals surface area contributed by atoms with Crippen molar-refractivity contribution in [3.63, 3.8) is 0 Å². The molecule has 3 heterocycles. The number of rotatable bonds is 35. The number of ether oxygens (including phenoxy) is 4. The number of nitro groups is 1. The van der Waals surface area contributed by atoms with Gasteiger partial charge < -0.3 is 87.2 Å². The molecule has 0 saturated carbocycles. The highest BCUT2D eigenvalue weighted by Gasteiger charge is 2.47. The lowest BCUT2D eigenvalue weighted by atomic mass is 9.96. The van der Waals surface area contributed by atoms with Gasteiger partial charge >= 0.3 is 5.69 Å². The van der Waals surface area contributed by atoms with Crippen molar-refractivity contribution >= 4 is 47.0 Å². The Morgan fingerprint density at radius 3 is 2.06 bits per heavy atom. The van der Waals surface area contributed by atoms with E-state index in [1.54, 1.807) is 60.7 Å². The molecule has 27 heteroatoms. The molecule has 7 amide bonds. The lowest BCUT2D eigenvalue weighted by Crippen LogP contribution is -2.65. The van der Waals surface area contributed by atoms with Crippen LogP contribution >= 0.6 is 0 Å². The number of carbonyl (C=O) groups excluding carboxylic acids is 7. The number of nitrogens with one attached hydrogen (secondary N) is 7. The van der Waals surface area contributed by atoms with Gasteiger partial charge in [-0.1, -0.05) is 139 Å². The van der Waals surface area contributed by atoms with Gasteiger partial charge in [-0.25, -0.2) is 0 Å². The number of nitrogens with zero attached hydrogens (tertiary/aromatic N) is 2. The van der Waals surface area contributed by atoms with Crippen LogP contribution in [0.5, 0.6) is 23.0 Å². The zero-order chi connectivity index (χ0) is 69.8. The topological polar surface area (TPSA) is 394 Å². The Morgan fingerprint density at radius 1 is 0.771 bits per heavy atom. The van der Waals surface area contributed by atoms with Gasteiger partial charge in [-0.2, -0.15) is 0 Å². The van der Waals surface area contributed by atoms with Crippen molar-refractivity contribution in [1.29, 1.82) is 0 Å². The third-order valence-corrected chi connectivity index (χ3v) is 16.6. The van der Waals surface area contributed by atoms with Crippen molar-refractivity contribution in [3.8, 4) is 23.0 Å². The molecule has 0 spiro atoms. The molecule has 1 fully saturated rings. The van der Waals surface area contributed by atoms with E-state index in [-0.39, 0.29) is 67.9 Å². The predicted molar refractivity (Wildman–Crippen MR) is 356 cm³/mol. The first kappa shape index (κ1) is 76.7. The number of hydrogen-bond acceptors (Lipinski definition) is 19. The summed E-state index contributed by atoms with van der Waals surface area (Å²) >= 11 is 0. The molecule has 4 aromatic carbocycles. The van der Waals surface area contributed by atoms with Gasteiger partial charge in [0, 0.05) is 44.8 Å². The first-order valence-corrected chi connectivity index (χ1v) is 33.2. The number of aliphatic hydroxyl groups is 4. The van der Waals surface area contributed by atoms with Crippen molar-refractivity contribution in [3.05, 3.63) is 123 Å². The minimum Gasteiger partial charge on any atom is -0.490 e. The van der Waals surface area contributed by atoms with E-state index >= 15 is 4.79 Å². The van der Waals surface area contributed by atoms with Crippen molar-refractivity contribution in [2.75, 3.05) is 47.4 Å². The molecule has 27 nitrogen and oxygen atoms in total. The molecule has 3 aliphatic heterocycles. The van der Waals surface area contributed by atoms with Gasteiger partial charge in [0.05, 0.1) is 30.7 Å². The van der Waals surface area contributed by atoms with E-state index < -0.39 is 143 Å². The number of methoxy groups -OCH3 is 1. The van der Waals surface area contributed by atoms with Crippen molar-refractivity contribution in [1.82, 2.24) is 42.1 Å². The smallest absolute Gasteiger partial charge is 0.311 e. The van der Waals surface area contributed by atoms with E-state index in [1.807, 2.05) is 32.8 Å². The Bertz CT molecular complexity index is 3180. The Kier molecular flexibility index (Phi) is 31.2. The maximum Gasteiger partial charge on any atom is 0.311 e. The monoisotopic (exact) mass is 1340 g/mol. The Labute approximate surface area is 560 Å². The van der Waals surface area contributed by atoms with Gasteiger partial charge in [0.1, 0.15) is 42.5 Å². The number of carbonyl (C=O) groups is 7. The van der Waals surface area contributed by atoms with E-state index in [2.05, 4.69) is 44.1 Å². The van der Waals surface area contributed by atoms with Crippen LogP contribution in [-0.2, 0) is 51.1 Å². The fourth-order valence-corrected chi connectivity index (χ4v) is 11.4.